The molecule has 0 aliphatic rings. The fraction of sp³-hybridized carbons (Fsp3) is 0.292. The van der Waals surface area contributed by atoms with Crippen LogP contribution in [-0.2, 0) is 6.42 Å². The van der Waals surface area contributed by atoms with Crippen molar-refractivity contribution in [2.24, 2.45) is 0 Å². The molecule has 1 aromatic heterocycles. The third-order valence-corrected chi connectivity index (χ3v) is 4.77. The van der Waals surface area contributed by atoms with Crippen molar-refractivity contribution in [1.82, 2.24) is 9.97 Å². The third kappa shape index (κ3) is 5.24. The first-order valence-corrected chi connectivity index (χ1v) is 9.72. The molecule has 0 saturated carbocycles. The summed E-state index contributed by atoms with van der Waals surface area (Å²) >= 11 is 0. The lowest BCUT2D eigenvalue weighted by Crippen LogP contribution is -1.95. The van der Waals surface area contributed by atoms with Crippen molar-refractivity contribution < 1.29 is 0 Å². The summed E-state index contributed by atoms with van der Waals surface area (Å²) in [5.41, 5.74) is 5.07. The van der Waals surface area contributed by atoms with Crippen LogP contribution in [0.4, 0.5) is 0 Å². The molecule has 136 valence electrons. The molecule has 3 heteroatoms. The van der Waals surface area contributed by atoms with Crippen molar-refractivity contribution in [1.29, 1.82) is 5.26 Å². The Bertz CT molecular complexity index is 873. The van der Waals surface area contributed by atoms with Gasteiger partial charge in [-0.2, -0.15) is 5.26 Å². The highest BCUT2D eigenvalue weighted by molar-refractivity contribution is 5.70. The molecule has 3 rings (SSSR count). The van der Waals surface area contributed by atoms with Crippen molar-refractivity contribution >= 4 is 0 Å². The summed E-state index contributed by atoms with van der Waals surface area (Å²) in [6.07, 6.45) is 11.1. The zero-order valence-corrected chi connectivity index (χ0v) is 15.9. The van der Waals surface area contributed by atoms with Gasteiger partial charge in [0, 0.05) is 24.4 Å². The van der Waals surface area contributed by atoms with Gasteiger partial charge in [0.15, 0.2) is 0 Å². The Labute approximate surface area is 161 Å². The summed E-state index contributed by atoms with van der Waals surface area (Å²) in [4.78, 5) is 9.06. The maximum Gasteiger partial charge on any atom is 0.128 e. The van der Waals surface area contributed by atoms with Crippen LogP contribution < -0.4 is 0 Å². The minimum atomic E-state index is 0.679. The summed E-state index contributed by atoms with van der Waals surface area (Å²) in [5.74, 6) is 0.935. The van der Waals surface area contributed by atoms with Gasteiger partial charge in [0.1, 0.15) is 5.82 Å². The zero-order valence-electron chi connectivity index (χ0n) is 15.9. The summed E-state index contributed by atoms with van der Waals surface area (Å²) in [7, 11) is 0. The molecular weight excluding hydrogens is 330 g/mol. The van der Waals surface area contributed by atoms with Gasteiger partial charge in [0.2, 0.25) is 0 Å². The molecule has 0 saturated heterocycles. The van der Waals surface area contributed by atoms with E-state index in [1.165, 1.54) is 32.1 Å². The number of benzene rings is 2. The van der Waals surface area contributed by atoms with Crippen LogP contribution in [0.2, 0.25) is 0 Å². The van der Waals surface area contributed by atoms with E-state index in [9.17, 15) is 0 Å². The second-order valence-electron chi connectivity index (χ2n) is 6.82. The van der Waals surface area contributed by atoms with Crippen LogP contribution in [0.3, 0.4) is 0 Å². The molecule has 0 radical (unpaired) electrons. The van der Waals surface area contributed by atoms with E-state index < -0.39 is 0 Å². The van der Waals surface area contributed by atoms with Crippen molar-refractivity contribution in [2.75, 3.05) is 0 Å². The molecule has 27 heavy (non-hydrogen) atoms. The van der Waals surface area contributed by atoms with Crippen molar-refractivity contribution in [3.8, 4) is 28.3 Å². The number of unbranched alkanes of at least 4 members (excludes halogenated alkanes) is 4. The predicted molar refractivity (Wildman–Crippen MR) is 110 cm³/mol. The minimum absolute atomic E-state index is 0.679. The molecule has 1 heterocycles. The number of aryl methyl sites for hydroxylation is 1. The molecule has 3 nitrogen and oxygen atoms in total. The molecule has 0 amide bonds. The van der Waals surface area contributed by atoms with E-state index in [0.29, 0.717) is 5.56 Å². The highest BCUT2D eigenvalue weighted by atomic mass is 14.9. The van der Waals surface area contributed by atoms with Crippen LogP contribution in [0, 0.1) is 11.3 Å². The average molecular weight is 355 g/mol. The smallest absolute Gasteiger partial charge is 0.128 e. The molecule has 2 aromatic carbocycles. The minimum Gasteiger partial charge on any atom is -0.241 e. The molecule has 0 unspecified atom stereocenters. The van der Waals surface area contributed by atoms with Crippen molar-refractivity contribution in [3.05, 3.63) is 72.3 Å². The highest BCUT2D eigenvalue weighted by Crippen LogP contribution is 2.24. The average Bonchev–Trinajstić information content (AvgIpc) is 2.74. The van der Waals surface area contributed by atoms with Gasteiger partial charge >= 0.3 is 0 Å². The SMILES string of the molecule is CCCCCCCc1ncc(-c2ccc(-c3ccc(C#N)cc3)cc2)cn1. The Morgan fingerprint density at radius 1 is 0.704 bits per heavy atom. The van der Waals surface area contributed by atoms with Crippen LogP contribution >= 0.6 is 0 Å². The first-order chi connectivity index (χ1) is 13.3. The number of nitrogens with zero attached hydrogens (tertiary/aromatic N) is 3. The van der Waals surface area contributed by atoms with Gasteiger partial charge < -0.3 is 0 Å². The molecule has 0 aliphatic heterocycles. The van der Waals surface area contributed by atoms with E-state index in [1.54, 1.807) is 0 Å². The monoisotopic (exact) mass is 355 g/mol. The Balaban J connectivity index is 1.62. The fourth-order valence-corrected chi connectivity index (χ4v) is 3.11. The normalized spacial score (nSPS) is 10.5. The number of aromatic nitrogens is 2. The summed E-state index contributed by atoms with van der Waals surface area (Å²) < 4.78 is 0. The number of hydrogen-bond donors (Lipinski definition) is 0. The lowest BCUT2D eigenvalue weighted by molar-refractivity contribution is 0.622. The topological polar surface area (TPSA) is 49.6 Å². The van der Waals surface area contributed by atoms with Gasteiger partial charge in [-0.3, -0.25) is 0 Å². The Morgan fingerprint density at radius 2 is 1.22 bits per heavy atom. The second-order valence-corrected chi connectivity index (χ2v) is 6.82. The van der Waals surface area contributed by atoms with Crippen LogP contribution in [0.15, 0.2) is 60.9 Å². The zero-order chi connectivity index (χ0) is 18.9. The van der Waals surface area contributed by atoms with Crippen LogP contribution in [0.25, 0.3) is 22.3 Å². The summed E-state index contributed by atoms with van der Waals surface area (Å²) in [5, 5.41) is 8.90. The van der Waals surface area contributed by atoms with Crippen molar-refractivity contribution in [2.45, 2.75) is 45.4 Å². The quantitative estimate of drug-likeness (QED) is 0.452. The molecular formula is C24H25N3. The van der Waals surface area contributed by atoms with Crippen LogP contribution in [0.1, 0.15) is 50.4 Å². The van der Waals surface area contributed by atoms with Crippen LogP contribution in [-0.4, -0.2) is 9.97 Å². The Kier molecular flexibility index (Phi) is 6.71. The van der Waals surface area contributed by atoms with Gasteiger partial charge in [-0.1, -0.05) is 69.0 Å². The second kappa shape index (κ2) is 9.64. The Morgan fingerprint density at radius 3 is 1.78 bits per heavy atom. The van der Waals surface area contributed by atoms with Crippen molar-refractivity contribution in [3.63, 3.8) is 0 Å². The first-order valence-electron chi connectivity index (χ1n) is 9.72. The standard InChI is InChI=1S/C24H25N3/c1-2-3-4-5-6-7-24-26-17-23(18-27-24)22-14-12-21(13-15-22)20-10-8-19(16-25)9-11-20/h8-15,17-18H,2-7H2,1H3. The predicted octanol–water partition coefficient (Wildman–Crippen LogP) is 6.20. The van der Waals surface area contributed by atoms with Gasteiger partial charge in [0.25, 0.3) is 0 Å². The van der Waals surface area contributed by atoms with E-state index in [-0.39, 0.29) is 0 Å². The lowest BCUT2D eigenvalue weighted by Gasteiger charge is -2.06. The fourth-order valence-electron chi connectivity index (χ4n) is 3.11. The first kappa shape index (κ1) is 18.8. The lowest BCUT2D eigenvalue weighted by atomic mass is 10.0. The van der Waals surface area contributed by atoms with E-state index in [2.05, 4.69) is 47.2 Å². The molecule has 0 atom stereocenters. The van der Waals surface area contributed by atoms with E-state index in [1.807, 2.05) is 36.7 Å². The number of rotatable bonds is 8. The molecule has 0 bridgehead atoms. The Hall–Kier alpha value is -2.99. The molecule has 0 spiro atoms. The van der Waals surface area contributed by atoms with E-state index in [4.69, 9.17) is 5.26 Å². The van der Waals surface area contributed by atoms with Crippen LogP contribution in [0.5, 0.6) is 0 Å². The third-order valence-electron chi connectivity index (χ3n) is 4.77. The summed E-state index contributed by atoms with van der Waals surface area (Å²) in [6.45, 7) is 2.23. The molecule has 0 N–H and O–H groups in total. The van der Waals surface area contributed by atoms with E-state index in [0.717, 1.165) is 34.5 Å². The highest BCUT2D eigenvalue weighted by Gasteiger charge is 2.03. The number of nitriles is 1. The van der Waals surface area contributed by atoms with Gasteiger partial charge in [-0.15, -0.1) is 0 Å². The molecule has 0 fully saturated rings. The van der Waals surface area contributed by atoms with Gasteiger partial charge in [0.05, 0.1) is 11.6 Å². The maximum absolute atomic E-state index is 8.90. The van der Waals surface area contributed by atoms with Gasteiger partial charge in [-0.25, -0.2) is 9.97 Å². The van der Waals surface area contributed by atoms with E-state index >= 15 is 0 Å². The molecule has 3 aromatic rings. The van der Waals surface area contributed by atoms with Gasteiger partial charge in [-0.05, 0) is 35.2 Å². The summed E-state index contributed by atoms with van der Waals surface area (Å²) in [6, 6.07) is 18.2. The number of hydrogen-bond acceptors (Lipinski definition) is 3. The largest absolute Gasteiger partial charge is 0.241 e. The maximum atomic E-state index is 8.90. The molecule has 0 aliphatic carbocycles.